The molecule has 0 aromatic heterocycles. The third kappa shape index (κ3) is 2.28. The molecule has 0 unspecified atom stereocenters. The molecule has 0 amide bonds. The van der Waals surface area contributed by atoms with E-state index < -0.39 is 10.0 Å². The largest absolute Gasteiger partial charge is 0.216 e. The SMILES string of the molecule is CC(C)(C)c1ccc2c(c1)CNS(=O)(=O)C2. The lowest BCUT2D eigenvalue weighted by Gasteiger charge is -2.23. The summed E-state index contributed by atoms with van der Waals surface area (Å²) in [6, 6.07) is 6.07. The molecule has 1 aliphatic rings. The first-order valence-corrected chi connectivity index (χ1v) is 7.03. The van der Waals surface area contributed by atoms with Gasteiger partial charge in [0.25, 0.3) is 0 Å². The van der Waals surface area contributed by atoms with Crippen molar-refractivity contribution in [3.8, 4) is 0 Å². The van der Waals surface area contributed by atoms with E-state index in [1.165, 1.54) is 5.56 Å². The molecule has 16 heavy (non-hydrogen) atoms. The van der Waals surface area contributed by atoms with Crippen LogP contribution < -0.4 is 4.72 Å². The van der Waals surface area contributed by atoms with E-state index in [1.54, 1.807) is 0 Å². The Kier molecular flexibility index (Phi) is 2.59. The van der Waals surface area contributed by atoms with Gasteiger partial charge in [-0.05, 0) is 22.1 Å². The van der Waals surface area contributed by atoms with Crippen LogP contribution >= 0.6 is 0 Å². The second-order valence-electron chi connectivity index (χ2n) is 5.31. The second kappa shape index (κ2) is 3.57. The zero-order valence-electron chi connectivity index (χ0n) is 9.87. The maximum Gasteiger partial charge on any atom is 0.216 e. The molecule has 0 aliphatic carbocycles. The molecule has 0 spiro atoms. The predicted octanol–water partition coefficient (Wildman–Crippen LogP) is 1.92. The minimum atomic E-state index is -3.09. The van der Waals surface area contributed by atoms with Gasteiger partial charge in [-0.15, -0.1) is 0 Å². The predicted molar refractivity (Wildman–Crippen MR) is 64.6 cm³/mol. The summed E-state index contributed by atoms with van der Waals surface area (Å²) in [6.45, 7) is 6.88. The van der Waals surface area contributed by atoms with Crippen LogP contribution in [-0.2, 0) is 27.7 Å². The van der Waals surface area contributed by atoms with Crippen LogP contribution in [0.4, 0.5) is 0 Å². The van der Waals surface area contributed by atoms with Gasteiger partial charge >= 0.3 is 0 Å². The van der Waals surface area contributed by atoms with E-state index in [-0.39, 0.29) is 11.2 Å². The van der Waals surface area contributed by atoms with Crippen molar-refractivity contribution in [1.82, 2.24) is 4.72 Å². The average Bonchev–Trinajstić information content (AvgIpc) is 2.14. The van der Waals surface area contributed by atoms with E-state index >= 15 is 0 Å². The Morgan fingerprint density at radius 1 is 1.19 bits per heavy atom. The maximum atomic E-state index is 11.4. The lowest BCUT2D eigenvalue weighted by molar-refractivity contribution is 0.573. The summed E-state index contributed by atoms with van der Waals surface area (Å²) in [7, 11) is -3.09. The molecular weight excluding hydrogens is 222 g/mol. The van der Waals surface area contributed by atoms with E-state index in [1.807, 2.05) is 12.1 Å². The van der Waals surface area contributed by atoms with Crippen molar-refractivity contribution in [3.05, 3.63) is 34.9 Å². The maximum absolute atomic E-state index is 11.4. The molecule has 4 heteroatoms. The first-order valence-electron chi connectivity index (χ1n) is 5.37. The van der Waals surface area contributed by atoms with Gasteiger partial charge in [-0.3, -0.25) is 0 Å². The molecule has 0 fully saturated rings. The van der Waals surface area contributed by atoms with Crippen molar-refractivity contribution >= 4 is 10.0 Å². The first kappa shape index (κ1) is 11.6. The summed E-state index contributed by atoms with van der Waals surface area (Å²) >= 11 is 0. The smallest absolute Gasteiger partial charge is 0.212 e. The van der Waals surface area contributed by atoms with Gasteiger partial charge in [0.1, 0.15) is 0 Å². The van der Waals surface area contributed by atoms with Gasteiger partial charge in [-0.1, -0.05) is 39.0 Å². The van der Waals surface area contributed by atoms with Crippen molar-refractivity contribution in [1.29, 1.82) is 0 Å². The molecule has 0 bridgehead atoms. The quantitative estimate of drug-likeness (QED) is 0.752. The summed E-state index contributed by atoms with van der Waals surface area (Å²) in [5.41, 5.74) is 3.37. The molecule has 1 heterocycles. The standard InChI is InChI=1S/C12H17NO2S/c1-12(2,3)11-5-4-9-8-16(14,15)13-7-10(9)6-11/h4-6,13H,7-8H2,1-3H3. The lowest BCUT2D eigenvalue weighted by Crippen LogP contribution is -2.30. The molecule has 0 atom stereocenters. The van der Waals surface area contributed by atoms with Crippen LogP contribution in [0.1, 0.15) is 37.5 Å². The monoisotopic (exact) mass is 239 g/mol. The van der Waals surface area contributed by atoms with Crippen LogP contribution in [0, 0.1) is 0 Å². The Morgan fingerprint density at radius 3 is 2.50 bits per heavy atom. The zero-order valence-corrected chi connectivity index (χ0v) is 10.7. The molecule has 0 saturated heterocycles. The summed E-state index contributed by atoms with van der Waals surface area (Å²) in [4.78, 5) is 0. The van der Waals surface area contributed by atoms with Gasteiger partial charge in [0.2, 0.25) is 10.0 Å². The molecule has 1 aromatic carbocycles. The minimum Gasteiger partial charge on any atom is -0.212 e. The van der Waals surface area contributed by atoms with Crippen LogP contribution in [0.2, 0.25) is 0 Å². The molecule has 3 nitrogen and oxygen atoms in total. The Labute approximate surface area is 96.9 Å². The van der Waals surface area contributed by atoms with Crippen LogP contribution in [0.3, 0.4) is 0 Å². The van der Waals surface area contributed by atoms with E-state index in [0.29, 0.717) is 6.54 Å². The van der Waals surface area contributed by atoms with Gasteiger partial charge in [0.05, 0.1) is 5.75 Å². The molecule has 1 aliphatic heterocycles. The molecule has 1 aromatic rings. The van der Waals surface area contributed by atoms with Crippen LogP contribution in [0.15, 0.2) is 18.2 Å². The Morgan fingerprint density at radius 2 is 1.88 bits per heavy atom. The van der Waals surface area contributed by atoms with Gasteiger partial charge in [-0.25, -0.2) is 13.1 Å². The number of fused-ring (bicyclic) bond motifs is 1. The number of hydrogen-bond donors (Lipinski definition) is 1. The zero-order chi connectivity index (χ0) is 12.0. The van der Waals surface area contributed by atoms with Crippen LogP contribution in [-0.4, -0.2) is 8.42 Å². The van der Waals surface area contributed by atoms with Crippen molar-refractivity contribution in [3.63, 3.8) is 0 Å². The fourth-order valence-electron chi connectivity index (χ4n) is 1.84. The highest BCUT2D eigenvalue weighted by molar-refractivity contribution is 7.88. The average molecular weight is 239 g/mol. The number of hydrogen-bond acceptors (Lipinski definition) is 2. The molecule has 2 rings (SSSR count). The number of nitrogens with one attached hydrogen (secondary N) is 1. The molecule has 1 N–H and O–H groups in total. The summed E-state index contributed by atoms with van der Waals surface area (Å²) in [5, 5.41) is 0. The molecule has 0 saturated carbocycles. The fourth-order valence-corrected chi connectivity index (χ4v) is 3.01. The Bertz CT molecular complexity index is 512. The summed E-state index contributed by atoms with van der Waals surface area (Å²) in [6.07, 6.45) is 0. The summed E-state index contributed by atoms with van der Waals surface area (Å²) in [5.74, 6) is 0.104. The minimum absolute atomic E-state index is 0.103. The highest BCUT2D eigenvalue weighted by atomic mass is 32.2. The molecule has 88 valence electrons. The van der Waals surface area contributed by atoms with E-state index in [0.717, 1.165) is 11.1 Å². The van der Waals surface area contributed by atoms with Crippen molar-refractivity contribution < 1.29 is 8.42 Å². The highest BCUT2D eigenvalue weighted by Gasteiger charge is 2.22. The molecular formula is C12H17NO2S. The third-order valence-electron chi connectivity index (χ3n) is 2.90. The Hall–Kier alpha value is -0.870. The summed E-state index contributed by atoms with van der Waals surface area (Å²) < 4.78 is 25.3. The second-order valence-corrected chi connectivity index (χ2v) is 7.12. The van der Waals surface area contributed by atoms with Crippen molar-refractivity contribution in [2.75, 3.05) is 0 Å². The van der Waals surface area contributed by atoms with E-state index in [2.05, 4.69) is 31.6 Å². The first-order chi connectivity index (χ1) is 7.28. The van der Waals surface area contributed by atoms with Gasteiger partial charge in [-0.2, -0.15) is 0 Å². The topological polar surface area (TPSA) is 46.2 Å². The number of sulfonamides is 1. The van der Waals surface area contributed by atoms with Gasteiger partial charge in [0, 0.05) is 6.54 Å². The van der Waals surface area contributed by atoms with Crippen LogP contribution in [0.25, 0.3) is 0 Å². The van der Waals surface area contributed by atoms with Gasteiger partial charge < -0.3 is 0 Å². The Balaban J connectivity index is 2.43. The number of rotatable bonds is 0. The van der Waals surface area contributed by atoms with E-state index in [9.17, 15) is 8.42 Å². The van der Waals surface area contributed by atoms with Gasteiger partial charge in [0.15, 0.2) is 0 Å². The van der Waals surface area contributed by atoms with Crippen molar-refractivity contribution in [2.45, 2.75) is 38.5 Å². The van der Waals surface area contributed by atoms with Crippen LogP contribution in [0.5, 0.6) is 0 Å². The molecule has 0 radical (unpaired) electrons. The highest BCUT2D eigenvalue weighted by Crippen LogP contribution is 2.26. The van der Waals surface area contributed by atoms with E-state index in [4.69, 9.17) is 0 Å². The fraction of sp³-hybridized carbons (Fsp3) is 0.500. The third-order valence-corrected chi connectivity index (χ3v) is 4.18. The number of benzene rings is 1. The van der Waals surface area contributed by atoms with Crippen molar-refractivity contribution in [2.24, 2.45) is 0 Å². The lowest BCUT2D eigenvalue weighted by atomic mass is 9.85. The normalized spacial score (nSPS) is 19.2.